The lowest BCUT2D eigenvalue weighted by molar-refractivity contribution is 0.0940. The fraction of sp³-hybridized carbons (Fsp3) is 0.0526. The van der Waals surface area contributed by atoms with Gasteiger partial charge in [-0.25, -0.2) is 9.37 Å². The molecule has 0 saturated carbocycles. The number of hydrogen-bond acceptors (Lipinski definition) is 4. The first-order valence-electron chi connectivity index (χ1n) is 7.97. The van der Waals surface area contributed by atoms with E-state index in [1.807, 2.05) is 12.1 Å². The fourth-order valence-corrected chi connectivity index (χ4v) is 2.68. The summed E-state index contributed by atoms with van der Waals surface area (Å²) in [6, 6.07) is 9.67. The molecule has 0 atom stereocenters. The van der Waals surface area contributed by atoms with Gasteiger partial charge in [0.05, 0.1) is 11.7 Å². The Morgan fingerprint density at radius 2 is 1.88 bits per heavy atom. The van der Waals surface area contributed by atoms with Gasteiger partial charge in [0, 0.05) is 36.9 Å². The predicted molar refractivity (Wildman–Crippen MR) is 93.8 cm³/mol. The number of hydrogen-bond donors (Lipinski definition) is 1. The van der Waals surface area contributed by atoms with Crippen LogP contribution in [0, 0.1) is 5.82 Å². The highest BCUT2D eigenvalue weighted by Gasteiger charge is 2.18. The van der Waals surface area contributed by atoms with Crippen molar-refractivity contribution in [1.29, 1.82) is 0 Å². The quantitative estimate of drug-likeness (QED) is 0.616. The zero-order chi connectivity index (χ0) is 17.9. The molecule has 0 saturated heterocycles. The highest BCUT2D eigenvalue weighted by atomic mass is 19.1. The van der Waals surface area contributed by atoms with Crippen LogP contribution in [0.25, 0.3) is 16.8 Å². The van der Waals surface area contributed by atoms with Crippen molar-refractivity contribution in [2.45, 2.75) is 6.54 Å². The smallest absolute Gasteiger partial charge is 0.287 e. The summed E-state index contributed by atoms with van der Waals surface area (Å²) in [6.07, 6.45) is 8.31. The lowest BCUT2D eigenvalue weighted by Gasteiger charge is -2.04. The molecule has 0 bridgehead atoms. The Labute approximate surface area is 148 Å². The molecule has 6 nitrogen and oxygen atoms in total. The molecule has 0 aliphatic heterocycles. The first-order valence-corrected chi connectivity index (χ1v) is 7.97. The fourth-order valence-electron chi connectivity index (χ4n) is 2.68. The highest BCUT2D eigenvalue weighted by molar-refractivity contribution is 5.94. The van der Waals surface area contributed by atoms with Gasteiger partial charge in [0.1, 0.15) is 11.5 Å². The van der Waals surface area contributed by atoms with Crippen molar-refractivity contribution in [3.8, 4) is 11.3 Å². The topological polar surface area (TPSA) is 72.2 Å². The van der Waals surface area contributed by atoms with E-state index in [1.54, 1.807) is 47.5 Å². The Morgan fingerprint density at radius 1 is 1.08 bits per heavy atom. The number of aromatic nitrogens is 4. The Morgan fingerprint density at radius 3 is 2.65 bits per heavy atom. The molecule has 128 valence electrons. The summed E-state index contributed by atoms with van der Waals surface area (Å²) < 4.78 is 14.7. The van der Waals surface area contributed by atoms with Gasteiger partial charge in [-0.3, -0.25) is 19.2 Å². The van der Waals surface area contributed by atoms with E-state index in [1.165, 1.54) is 12.1 Å². The van der Waals surface area contributed by atoms with Crippen LogP contribution < -0.4 is 5.32 Å². The van der Waals surface area contributed by atoms with Crippen LogP contribution in [-0.4, -0.2) is 25.3 Å². The molecular weight excluding hydrogens is 333 g/mol. The molecule has 1 N–H and O–H groups in total. The first-order chi connectivity index (χ1) is 12.7. The van der Waals surface area contributed by atoms with Crippen molar-refractivity contribution in [2.24, 2.45) is 0 Å². The van der Waals surface area contributed by atoms with Crippen molar-refractivity contribution in [3.63, 3.8) is 0 Å². The molecule has 26 heavy (non-hydrogen) atoms. The van der Waals surface area contributed by atoms with E-state index in [0.29, 0.717) is 11.2 Å². The minimum absolute atomic E-state index is 0.253. The number of nitrogens with one attached hydrogen (secondary N) is 1. The van der Waals surface area contributed by atoms with Crippen LogP contribution in [0.3, 0.4) is 0 Å². The van der Waals surface area contributed by atoms with Crippen LogP contribution in [0.4, 0.5) is 4.39 Å². The van der Waals surface area contributed by atoms with Gasteiger partial charge in [0.25, 0.3) is 5.91 Å². The number of imidazole rings is 1. The van der Waals surface area contributed by atoms with Crippen molar-refractivity contribution in [3.05, 3.63) is 84.6 Å². The number of benzene rings is 1. The lowest BCUT2D eigenvalue weighted by atomic mass is 10.2. The highest BCUT2D eigenvalue weighted by Crippen LogP contribution is 2.23. The Kier molecular flexibility index (Phi) is 4.10. The third-order valence-electron chi connectivity index (χ3n) is 3.95. The van der Waals surface area contributed by atoms with Gasteiger partial charge >= 0.3 is 0 Å². The van der Waals surface area contributed by atoms with Crippen LogP contribution in [-0.2, 0) is 6.54 Å². The SMILES string of the molecule is O=C(NCc1ccc(F)cc1)c1nc(-c2cccnc2)c2cnccn12. The first kappa shape index (κ1) is 15.9. The normalized spacial score (nSPS) is 10.8. The summed E-state index contributed by atoms with van der Waals surface area (Å²) in [5.74, 6) is -0.387. The Bertz CT molecular complexity index is 1060. The number of halogens is 1. The molecule has 0 spiro atoms. The van der Waals surface area contributed by atoms with Crippen LogP contribution in [0.5, 0.6) is 0 Å². The second-order valence-electron chi connectivity index (χ2n) is 5.67. The number of carbonyl (C=O) groups excluding carboxylic acids is 1. The third-order valence-corrected chi connectivity index (χ3v) is 3.95. The van der Waals surface area contributed by atoms with Gasteiger partial charge in [-0.1, -0.05) is 12.1 Å². The molecule has 0 aliphatic rings. The second kappa shape index (κ2) is 6.72. The van der Waals surface area contributed by atoms with E-state index in [2.05, 4.69) is 20.3 Å². The molecule has 3 heterocycles. The van der Waals surface area contributed by atoms with Crippen molar-refractivity contribution >= 4 is 11.4 Å². The van der Waals surface area contributed by atoms with Crippen molar-refractivity contribution in [1.82, 2.24) is 24.7 Å². The summed E-state index contributed by atoms with van der Waals surface area (Å²) in [5, 5.41) is 2.81. The minimum atomic E-state index is -0.328. The molecule has 0 radical (unpaired) electrons. The molecular formula is C19H14FN5O. The second-order valence-corrected chi connectivity index (χ2v) is 5.67. The van der Waals surface area contributed by atoms with E-state index in [0.717, 1.165) is 11.1 Å². The number of rotatable bonds is 4. The molecule has 1 amide bonds. The molecule has 0 aliphatic carbocycles. The Balaban J connectivity index is 1.65. The predicted octanol–water partition coefficient (Wildman–Crippen LogP) is 2.86. The summed E-state index contributed by atoms with van der Waals surface area (Å²) in [6.45, 7) is 0.279. The molecule has 3 aromatic heterocycles. The maximum absolute atomic E-state index is 13.0. The molecule has 0 fully saturated rings. The number of pyridine rings is 1. The molecule has 0 unspecified atom stereocenters. The Hall–Kier alpha value is -3.61. The lowest BCUT2D eigenvalue weighted by Crippen LogP contribution is -2.25. The van der Waals surface area contributed by atoms with Gasteiger partial charge in [-0.2, -0.15) is 0 Å². The summed E-state index contributed by atoms with van der Waals surface area (Å²) in [5.41, 5.74) is 2.95. The molecule has 7 heteroatoms. The molecule has 4 aromatic rings. The summed E-state index contributed by atoms with van der Waals surface area (Å²) >= 11 is 0. The van der Waals surface area contributed by atoms with E-state index < -0.39 is 0 Å². The largest absolute Gasteiger partial charge is 0.345 e. The van der Waals surface area contributed by atoms with Crippen LogP contribution in [0.15, 0.2) is 67.4 Å². The van der Waals surface area contributed by atoms with E-state index in [-0.39, 0.29) is 24.1 Å². The van der Waals surface area contributed by atoms with Crippen molar-refractivity contribution < 1.29 is 9.18 Å². The van der Waals surface area contributed by atoms with E-state index >= 15 is 0 Å². The van der Waals surface area contributed by atoms with Crippen LogP contribution in [0.2, 0.25) is 0 Å². The number of fused-ring (bicyclic) bond motifs is 1. The van der Waals surface area contributed by atoms with Gasteiger partial charge < -0.3 is 5.32 Å². The average Bonchev–Trinajstić information content (AvgIpc) is 3.08. The number of carbonyl (C=O) groups is 1. The van der Waals surface area contributed by atoms with Crippen LogP contribution >= 0.6 is 0 Å². The summed E-state index contributed by atoms with van der Waals surface area (Å²) in [4.78, 5) is 25.4. The zero-order valence-corrected chi connectivity index (χ0v) is 13.6. The minimum Gasteiger partial charge on any atom is -0.345 e. The zero-order valence-electron chi connectivity index (χ0n) is 13.6. The third kappa shape index (κ3) is 3.02. The van der Waals surface area contributed by atoms with Gasteiger partial charge in [-0.15, -0.1) is 0 Å². The van der Waals surface area contributed by atoms with E-state index in [9.17, 15) is 9.18 Å². The van der Waals surface area contributed by atoms with Crippen LogP contribution in [0.1, 0.15) is 16.2 Å². The van der Waals surface area contributed by atoms with Gasteiger partial charge in [0.15, 0.2) is 0 Å². The monoisotopic (exact) mass is 347 g/mol. The number of nitrogens with zero attached hydrogens (tertiary/aromatic N) is 4. The molecule has 1 aromatic carbocycles. The standard InChI is InChI=1S/C19H14FN5O/c20-15-5-3-13(4-6-15)10-23-19(26)18-24-17(14-2-1-7-21-11-14)16-12-22-8-9-25(16)18/h1-9,11-12H,10H2,(H,23,26). The van der Waals surface area contributed by atoms with E-state index in [4.69, 9.17) is 0 Å². The number of amides is 1. The van der Waals surface area contributed by atoms with Gasteiger partial charge in [-0.05, 0) is 29.8 Å². The maximum atomic E-state index is 13.0. The molecule has 4 rings (SSSR count). The maximum Gasteiger partial charge on any atom is 0.287 e. The van der Waals surface area contributed by atoms with Gasteiger partial charge in [0.2, 0.25) is 5.82 Å². The van der Waals surface area contributed by atoms with Crippen molar-refractivity contribution in [2.75, 3.05) is 0 Å². The average molecular weight is 347 g/mol. The summed E-state index contributed by atoms with van der Waals surface area (Å²) in [7, 11) is 0.